The molecule has 0 aliphatic carbocycles. The summed E-state index contributed by atoms with van der Waals surface area (Å²) < 4.78 is 20.9. The lowest BCUT2D eigenvalue weighted by Gasteiger charge is -2.17. The first-order chi connectivity index (χ1) is 9.15. The number of hydrogen-bond acceptors (Lipinski definition) is 3. The predicted molar refractivity (Wildman–Crippen MR) is 72.9 cm³/mol. The van der Waals surface area contributed by atoms with Crippen molar-refractivity contribution in [1.82, 2.24) is 9.78 Å². The van der Waals surface area contributed by atoms with E-state index in [1.54, 1.807) is 25.4 Å². The van der Waals surface area contributed by atoms with Crippen LogP contribution in [0.25, 0.3) is 0 Å². The van der Waals surface area contributed by atoms with Crippen molar-refractivity contribution < 1.29 is 9.13 Å². The molecule has 0 fully saturated rings. The first-order valence-corrected chi connectivity index (χ1v) is 6.27. The fourth-order valence-electron chi connectivity index (χ4n) is 2.05. The van der Waals surface area contributed by atoms with Gasteiger partial charge in [0.25, 0.3) is 0 Å². The summed E-state index contributed by atoms with van der Waals surface area (Å²) in [5.41, 5.74) is 1.38. The van der Waals surface area contributed by atoms with Crippen LogP contribution in [-0.4, -0.2) is 16.9 Å². The number of nitrogens with one attached hydrogen (secondary N) is 1. The van der Waals surface area contributed by atoms with Crippen molar-refractivity contribution in [2.24, 2.45) is 0 Å². The van der Waals surface area contributed by atoms with E-state index in [1.165, 1.54) is 6.07 Å². The van der Waals surface area contributed by atoms with Gasteiger partial charge in [-0.25, -0.2) is 4.39 Å². The second kappa shape index (κ2) is 5.73. The normalized spacial score (nSPS) is 12.2. The van der Waals surface area contributed by atoms with Crippen LogP contribution in [0.1, 0.15) is 25.5 Å². The number of anilines is 1. The lowest BCUT2D eigenvalue weighted by atomic mass is 10.1. The zero-order valence-electron chi connectivity index (χ0n) is 11.4. The van der Waals surface area contributed by atoms with Gasteiger partial charge in [-0.15, -0.1) is 0 Å². The molecule has 19 heavy (non-hydrogen) atoms. The highest BCUT2D eigenvalue weighted by Gasteiger charge is 2.16. The zero-order valence-corrected chi connectivity index (χ0v) is 11.4. The molecule has 1 N–H and O–H groups in total. The smallest absolute Gasteiger partial charge is 0.132 e. The zero-order chi connectivity index (χ0) is 13.8. The first kappa shape index (κ1) is 13.4. The molecule has 0 radical (unpaired) electrons. The number of aromatic nitrogens is 2. The molecule has 102 valence electrons. The molecule has 1 aromatic heterocycles. The Labute approximate surface area is 112 Å². The molecule has 0 saturated heterocycles. The Morgan fingerprint density at radius 3 is 2.89 bits per heavy atom. The highest BCUT2D eigenvalue weighted by atomic mass is 19.1. The lowest BCUT2D eigenvalue weighted by molar-refractivity contribution is 0.402. The highest BCUT2D eigenvalue weighted by molar-refractivity contribution is 5.45. The Kier molecular flexibility index (Phi) is 4.04. The number of benzene rings is 1. The number of nitrogens with zero attached hydrogens (tertiary/aromatic N) is 2. The van der Waals surface area contributed by atoms with Crippen molar-refractivity contribution in [2.75, 3.05) is 12.4 Å². The quantitative estimate of drug-likeness (QED) is 0.900. The molecule has 0 saturated carbocycles. The van der Waals surface area contributed by atoms with Gasteiger partial charge in [0.2, 0.25) is 0 Å². The van der Waals surface area contributed by atoms with Crippen LogP contribution in [-0.2, 0) is 6.54 Å². The molecular formula is C14H18FN3O. The Bertz CT molecular complexity index is 553. The van der Waals surface area contributed by atoms with Gasteiger partial charge in [-0.2, -0.15) is 5.10 Å². The lowest BCUT2D eigenvalue weighted by Crippen LogP contribution is -2.10. The maximum Gasteiger partial charge on any atom is 0.132 e. The molecule has 0 aliphatic heterocycles. The van der Waals surface area contributed by atoms with Gasteiger partial charge in [0.05, 0.1) is 30.6 Å². The van der Waals surface area contributed by atoms with Crippen LogP contribution < -0.4 is 10.1 Å². The third-order valence-electron chi connectivity index (χ3n) is 3.01. The molecular weight excluding hydrogens is 245 g/mol. The summed E-state index contributed by atoms with van der Waals surface area (Å²) >= 11 is 0. The van der Waals surface area contributed by atoms with E-state index in [9.17, 15) is 4.39 Å². The fourth-order valence-corrected chi connectivity index (χ4v) is 2.05. The van der Waals surface area contributed by atoms with Gasteiger partial charge >= 0.3 is 0 Å². The monoisotopic (exact) mass is 263 g/mol. The molecule has 1 unspecified atom stereocenters. The standard InChI is InChI=1S/C14H18FN3O/c1-4-18-9-11(8-16-18)17-10(2)14-12(15)6-5-7-13(14)19-3/h5-10,17H,4H2,1-3H3. The van der Waals surface area contributed by atoms with Crippen molar-refractivity contribution in [3.63, 3.8) is 0 Å². The van der Waals surface area contributed by atoms with Gasteiger partial charge in [0.1, 0.15) is 11.6 Å². The van der Waals surface area contributed by atoms with Crippen molar-refractivity contribution >= 4 is 5.69 Å². The molecule has 0 spiro atoms. The molecule has 1 heterocycles. The number of hydrogen-bond donors (Lipinski definition) is 1. The second-order valence-electron chi connectivity index (χ2n) is 4.31. The number of rotatable bonds is 5. The van der Waals surface area contributed by atoms with Gasteiger partial charge in [0, 0.05) is 12.7 Å². The molecule has 1 atom stereocenters. The van der Waals surface area contributed by atoms with Gasteiger partial charge in [0.15, 0.2) is 0 Å². The number of halogens is 1. The van der Waals surface area contributed by atoms with E-state index in [4.69, 9.17) is 4.74 Å². The maximum atomic E-state index is 13.9. The summed E-state index contributed by atoms with van der Waals surface area (Å²) in [6.07, 6.45) is 3.62. The summed E-state index contributed by atoms with van der Waals surface area (Å²) in [5, 5.41) is 7.40. The van der Waals surface area contributed by atoms with Crippen LogP contribution in [0, 0.1) is 5.82 Å². The Balaban J connectivity index is 2.22. The van der Waals surface area contributed by atoms with E-state index in [2.05, 4.69) is 10.4 Å². The largest absolute Gasteiger partial charge is 0.496 e. The third kappa shape index (κ3) is 2.86. The SMILES string of the molecule is CCn1cc(NC(C)c2c(F)cccc2OC)cn1. The van der Waals surface area contributed by atoms with E-state index in [0.29, 0.717) is 11.3 Å². The predicted octanol–water partition coefficient (Wildman–Crippen LogP) is 3.22. The summed E-state index contributed by atoms with van der Waals surface area (Å²) in [6.45, 7) is 4.71. The van der Waals surface area contributed by atoms with Crippen LogP contribution in [0.4, 0.5) is 10.1 Å². The van der Waals surface area contributed by atoms with Crippen LogP contribution in [0.15, 0.2) is 30.6 Å². The van der Waals surface area contributed by atoms with Gasteiger partial charge in [-0.3, -0.25) is 4.68 Å². The van der Waals surface area contributed by atoms with E-state index in [0.717, 1.165) is 12.2 Å². The summed E-state index contributed by atoms with van der Waals surface area (Å²) in [5.74, 6) is 0.269. The highest BCUT2D eigenvalue weighted by Crippen LogP contribution is 2.29. The van der Waals surface area contributed by atoms with Gasteiger partial charge in [-0.1, -0.05) is 6.07 Å². The van der Waals surface area contributed by atoms with Gasteiger partial charge in [-0.05, 0) is 26.0 Å². The molecule has 0 bridgehead atoms. The van der Waals surface area contributed by atoms with Crippen molar-refractivity contribution in [2.45, 2.75) is 26.4 Å². The minimum atomic E-state index is -0.276. The van der Waals surface area contributed by atoms with E-state index in [1.807, 2.05) is 24.7 Å². The average Bonchev–Trinajstić information content (AvgIpc) is 2.85. The van der Waals surface area contributed by atoms with Crippen LogP contribution >= 0.6 is 0 Å². The van der Waals surface area contributed by atoms with Crippen LogP contribution in [0.5, 0.6) is 5.75 Å². The number of aryl methyl sites for hydroxylation is 1. The van der Waals surface area contributed by atoms with E-state index in [-0.39, 0.29) is 11.9 Å². The van der Waals surface area contributed by atoms with Crippen molar-refractivity contribution in [1.29, 1.82) is 0 Å². The summed E-state index contributed by atoms with van der Waals surface area (Å²) in [4.78, 5) is 0. The number of ether oxygens (including phenoxy) is 1. The fraction of sp³-hybridized carbons (Fsp3) is 0.357. The first-order valence-electron chi connectivity index (χ1n) is 6.27. The molecule has 2 aromatic rings. The van der Waals surface area contributed by atoms with Crippen LogP contribution in [0.3, 0.4) is 0 Å². The third-order valence-corrected chi connectivity index (χ3v) is 3.01. The molecule has 5 heteroatoms. The molecule has 1 aromatic carbocycles. The van der Waals surface area contributed by atoms with Crippen molar-refractivity contribution in [3.05, 3.63) is 42.0 Å². The Hall–Kier alpha value is -2.04. The van der Waals surface area contributed by atoms with Gasteiger partial charge < -0.3 is 10.1 Å². The molecule has 0 aliphatic rings. The Morgan fingerprint density at radius 1 is 1.47 bits per heavy atom. The molecule has 0 amide bonds. The molecule has 4 nitrogen and oxygen atoms in total. The maximum absolute atomic E-state index is 13.9. The topological polar surface area (TPSA) is 39.1 Å². The second-order valence-corrected chi connectivity index (χ2v) is 4.31. The summed E-state index contributed by atoms with van der Waals surface area (Å²) in [7, 11) is 1.54. The Morgan fingerprint density at radius 2 is 2.26 bits per heavy atom. The summed E-state index contributed by atoms with van der Waals surface area (Å²) in [6, 6.07) is 4.63. The minimum Gasteiger partial charge on any atom is -0.496 e. The van der Waals surface area contributed by atoms with E-state index >= 15 is 0 Å². The molecule has 2 rings (SSSR count). The van der Waals surface area contributed by atoms with E-state index < -0.39 is 0 Å². The number of methoxy groups -OCH3 is 1. The minimum absolute atomic E-state index is 0.203. The van der Waals surface area contributed by atoms with Crippen LogP contribution in [0.2, 0.25) is 0 Å². The average molecular weight is 263 g/mol. The van der Waals surface area contributed by atoms with Crippen molar-refractivity contribution in [3.8, 4) is 5.75 Å².